The van der Waals surface area contributed by atoms with E-state index in [0.29, 0.717) is 26.2 Å². The molecule has 1 aliphatic heterocycles. The van der Waals surface area contributed by atoms with Crippen molar-refractivity contribution in [1.82, 2.24) is 5.32 Å². The molecular formula is C11H22N2O3. The molecule has 1 rings (SSSR count). The van der Waals surface area contributed by atoms with Gasteiger partial charge in [-0.1, -0.05) is 0 Å². The Balaban J connectivity index is 2.52. The number of ether oxygens (including phenoxy) is 2. The van der Waals surface area contributed by atoms with Gasteiger partial charge in [0.15, 0.2) is 0 Å². The highest BCUT2D eigenvalue weighted by Crippen LogP contribution is 2.22. The van der Waals surface area contributed by atoms with E-state index in [9.17, 15) is 4.79 Å². The van der Waals surface area contributed by atoms with Crippen LogP contribution in [0.15, 0.2) is 0 Å². The van der Waals surface area contributed by atoms with Crippen molar-refractivity contribution >= 4 is 6.09 Å². The molecule has 1 heterocycles. The van der Waals surface area contributed by atoms with Crippen molar-refractivity contribution in [1.29, 1.82) is 0 Å². The quantitative estimate of drug-likeness (QED) is 0.759. The molecule has 0 bridgehead atoms. The van der Waals surface area contributed by atoms with E-state index in [-0.39, 0.29) is 5.54 Å². The van der Waals surface area contributed by atoms with Gasteiger partial charge in [0.2, 0.25) is 0 Å². The summed E-state index contributed by atoms with van der Waals surface area (Å²) < 4.78 is 10.5. The molecule has 5 heteroatoms. The minimum atomic E-state index is -0.479. The second kappa shape index (κ2) is 5.01. The van der Waals surface area contributed by atoms with Gasteiger partial charge in [0.1, 0.15) is 5.60 Å². The Morgan fingerprint density at radius 3 is 2.69 bits per heavy atom. The first-order valence-electron chi connectivity index (χ1n) is 5.66. The Kier molecular flexibility index (Phi) is 4.15. The average molecular weight is 230 g/mol. The highest BCUT2D eigenvalue weighted by Gasteiger charge is 2.36. The van der Waals surface area contributed by atoms with Crippen LogP contribution in [0.2, 0.25) is 0 Å². The maximum absolute atomic E-state index is 11.7. The molecule has 3 N–H and O–H groups in total. The number of nitrogens with two attached hydrogens (primary N) is 1. The van der Waals surface area contributed by atoms with Gasteiger partial charge >= 0.3 is 6.09 Å². The predicted molar refractivity (Wildman–Crippen MR) is 61.2 cm³/mol. The van der Waals surface area contributed by atoms with Crippen molar-refractivity contribution in [2.24, 2.45) is 5.73 Å². The summed E-state index contributed by atoms with van der Waals surface area (Å²) in [5.74, 6) is 0. The molecule has 1 amide bonds. The molecule has 0 aromatic heterocycles. The van der Waals surface area contributed by atoms with Crippen LogP contribution in [0.4, 0.5) is 4.79 Å². The smallest absolute Gasteiger partial charge is 0.408 e. The van der Waals surface area contributed by atoms with Gasteiger partial charge in [-0.15, -0.1) is 0 Å². The monoisotopic (exact) mass is 230 g/mol. The number of alkyl carbamates (subject to hydrolysis) is 1. The van der Waals surface area contributed by atoms with Crippen LogP contribution in [0.1, 0.15) is 33.6 Å². The van der Waals surface area contributed by atoms with E-state index in [1.807, 2.05) is 20.8 Å². The summed E-state index contributed by atoms with van der Waals surface area (Å²) in [6.07, 6.45) is 1.11. The Hall–Kier alpha value is -0.810. The summed E-state index contributed by atoms with van der Waals surface area (Å²) in [4.78, 5) is 11.7. The molecule has 0 aromatic rings. The Bertz CT molecular complexity index is 242. The highest BCUT2D eigenvalue weighted by molar-refractivity contribution is 5.68. The third-order valence-electron chi connectivity index (χ3n) is 2.49. The van der Waals surface area contributed by atoms with Gasteiger partial charge in [-0.2, -0.15) is 0 Å². The first-order chi connectivity index (χ1) is 7.37. The van der Waals surface area contributed by atoms with E-state index in [1.165, 1.54) is 0 Å². The molecule has 94 valence electrons. The van der Waals surface area contributed by atoms with Crippen LogP contribution < -0.4 is 11.1 Å². The molecule has 5 nitrogen and oxygen atoms in total. The average Bonchev–Trinajstić information content (AvgIpc) is 2.49. The van der Waals surface area contributed by atoms with E-state index in [4.69, 9.17) is 15.2 Å². The lowest BCUT2D eigenvalue weighted by atomic mass is 9.95. The fourth-order valence-electron chi connectivity index (χ4n) is 1.76. The van der Waals surface area contributed by atoms with Crippen molar-refractivity contribution in [3.63, 3.8) is 0 Å². The van der Waals surface area contributed by atoms with E-state index >= 15 is 0 Å². The minimum Gasteiger partial charge on any atom is -0.444 e. The molecule has 0 aromatic carbocycles. The van der Waals surface area contributed by atoms with Crippen molar-refractivity contribution in [3.8, 4) is 0 Å². The first kappa shape index (κ1) is 13.3. The molecule has 1 aliphatic rings. The van der Waals surface area contributed by atoms with Gasteiger partial charge in [0.05, 0.1) is 12.1 Å². The van der Waals surface area contributed by atoms with Crippen molar-refractivity contribution in [2.45, 2.75) is 44.8 Å². The Labute approximate surface area is 96.7 Å². The van der Waals surface area contributed by atoms with Crippen LogP contribution in [-0.4, -0.2) is 37.0 Å². The van der Waals surface area contributed by atoms with Crippen molar-refractivity contribution in [3.05, 3.63) is 0 Å². The van der Waals surface area contributed by atoms with Crippen LogP contribution in [0, 0.1) is 0 Å². The molecule has 0 aliphatic carbocycles. The predicted octanol–water partition coefficient (Wildman–Crippen LogP) is 1.02. The van der Waals surface area contributed by atoms with Gasteiger partial charge in [-0.3, -0.25) is 0 Å². The van der Waals surface area contributed by atoms with Gasteiger partial charge in [0.25, 0.3) is 0 Å². The Morgan fingerprint density at radius 1 is 1.56 bits per heavy atom. The lowest BCUT2D eigenvalue weighted by Crippen LogP contribution is -2.51. The third kappa shape index (κ3) is 3.98. The van der Waals surface area contributed by atoms with Crippen LogP contribution in [-0.2, 0) is 9.47 Å². The van der Waals surface area contributed by atoms with E-state index in [0.717, 1.165) is 6.42 Å². The van der Waals surface area contributed by atoms with Crippen LogP contribution in [0.5, 0.6) is 0 Å². The molecule has 0 radical (unpaired) electrons. The normalized spacial score (nSPS) is 25.5. The number of hydrogen-bond donors (Lipinski definition) is 2. The summed E-state index contributed by atoms with van der Waals surface area (Å²) >= 11 is 0. The zero-order valence-corrected chi connectivity index (χ0v) is 10.3. The van der Waals surface area contributed by atoms with Gasteiger partial charge in [0, 0.05) is 6.61 Å². The summed E-state index contributed by atoms with van der Waals surface area (Å²) in [7, 11) is 0. The van der Waals surface area contributed by atoms with Crippen LogP contribution >= 0.6 is 0 Å². The number of amides is 1. The summed E-state index contributed by atoms with van der Waals surface area (Å²) in [6.45, 7) is 7.23. The molecule has 1 fully saturated rings. The molecule has 1 saturated heterocycles. The molecule has 1 unspecified atom stereocenters. The number of nitrogens with one attached hydrogen (secondary N) is 1. The van der Waals surface area contributed by atoms with E-state index in [1.54, 1.807) is 0 Å². The third-order valence-corrected chi connectivity index (χ3v) is 2.49. The van der Waals surface area contributed by atoms with E-state index in [2.05, 4.69) is 5.32 Å². The van der Waals surface area contributed by atoms with Gasteiger partial charge in [-0.25, -0.2) is 4.79 Å². The Morgan fingerprint density at radius 2 is 2.25 bits per heavy atom. The highest BCUT2D eigenvalue weighted by atomic mass is 16.6. The fourth-order valence-corrected chi connectivity index (χ4v) is 1.76. The second-order valence-electron chi connectivity index (χ2n) is 5.25. The van der Waals surface area contributed by atoms with Crippen LogP contribution in [0.3, 0.4) is 0 Å². The molecule has 16 heavy (non-hydrogen) atoms. The number of carbonyl (C=O) groups is 1. The topological polar surface area (TPSA) is 73.6 Å². The molecule has 1 atom stereocenters. The maximum Gasteiger partial charge on any atom is 0.408 e. The summed E-state index contributed by atoms with van der Waals surface area (Å²) in [5, 5.41) is 2.88. The number of rotatable bonds is 3. The second-order valence-corrected chi connectivity index (χ2v) is 5.25. The summed E-state index contributed by atoms with van der Waals surface area (Å²) in [6, 6.07) is 0. The SMILES string of the molecule is CC(C)(C)OC(=O)NC1(CCN)CCOC1. The minimum absolute atomic E-state index is 0.336. The number of hydrogen-bond acceptors (Lipinski definition) is 4. The van der Waals surface area contributed by atoms with Gasteiger partial charge in [-0.05, 0) is 40.2 Å². The standard InChI is InChI=1S/C11H22N2O3/c1-10(2,3)16-9(14)13-11(4-6-12)5-7-15-8-11/h4-8,12H2,1-3H3,(H,13,14). The molecular weight excluding hydrogens is 208 g/mol. The molecule has 0 saturated carbocycles. The number of carbonyl (C=O) groups excluding carboxylic acids is 1. The largest absolute Gasteiger partial charge is 0.444 e. The fraction of sp³-hybridized carbons (Fsp3) is 0.909. The lowest BCUT2D eigenvalue weighted by molar-refractivity contribution is 0.0435. The van der Waals surface area contributed by atoms with E-state index < -0.39 is 11.7 Å². The molecule has 0 spiro atoms. The zero-order valence-electron chi connectivity index (χ0n) is 10.3. The van der Waals surface area contributed by atoms with Gasteiger partial charge < -0.3 is 20.5 Å². The summed E-state index contributed by atoms with van der Waals surface area (Å²) in [5.41, 5.74) is 4.73. The first-order valence-corrected chi connectivity index (χ1v) is 5.66. The zero-order chi connectivity index (χ0) is 12.2. The maximum atomic E-state index is 11.7. The van der Waals surface area contributed by atoms with Crippen molar-refractivity contribution < 1.29 is 14.3 Å². The lowest BCUT2D eigenvalue weighted by Gasteiger charge is -2.30. The van der Waals surface area contributed by atoms with Crippen LogP contribution in [0.25, 0.3) is 0 Å². The van der Waals surface area contributed by atoms with Crippen molar-refractivity contribution in [2.75, 3.05) is 19.8 Å².